The van der Waals surface area contributed by atoms with Crippen LogP contribution in [0.2, 0.25) is 0 Å². The standard InChI is InChI=1S/C13H22N4/c1-4-14-5-12-6-16-13(7-15-12)17-8-10(2)11(3)9-17/h6-7,10-11,14H,4-5,8-9H2,1-3H3. The van der Waals surface area contributed by atoms with E-state index in [0.717, 1.165) is 49.5 Å². The van der Waals surface area contributed by atoms with Gasteiger partial charge in [-0.2, -0.15) is 0 Å². The Bertz CT molecular complexity index is 339. The summed E-state index contributed by atoms with van der Waals surface area (Å²) in [5.41, 5.74) is 1.01. The largest absolute Gasteiger partial charge is 0.355 e. The zero-order chi connectivity index (χ0) is 12.3. The Morgan fingerprint density at radius 2 is 1.94 bits per heavy atom. The van der Waals surface area contributed by atoms with Gasteiger partial charge in [0.25, 0.3) is 0 Å². The van der Waals surface area contributed by atoms with Crippen molar-refractivity contribution in [3.05, 3.63) is 18.1 Å². The van der Waals surface area contributed by atoms with Crippen molar-refractivity contribution in [2.75, 3.05) is 24.5 Å². The van der Waals surface area contributed by atoms with Gasteiger partial charge in [0.15, 0.2) is 0 Å². The molecule has 1 saturated heterocycles. The summed E-state index contributed by atoms with van der Waals surface area (Å²) in [6, 6.07) is 0. The Kier molecular flexibility index (Phi) is 3.94. The number of nitrogens with zero attached hydrogens (tertiary/aromatic N) is 3. The molecule has 1 N–H and O–H groups in total. The number of hydrogen-bond donors (Lipinski definition) is 1. The lowest BCUT2D eigenvalue weighted by molar-refractivity contribution is 0.494. The first-order chi connectivity index (χ1) is 8.20. The molecule has 17 heavy (non-hydrogen) atoms. The fraction of sp³-hybridized carbons (Fsp3) is 0.692. The molecule has 2 unspecified atom stereocenters. The van der Waals surface area contributed by atoms with E-state index in [1.165, 1.54) is 0 Å². The molecule has 0 radical (unpaired) electrons. The van der Waals surface area contributed by atoms with Crippen molar-refractivity contribution in [1.82, 2.24) is 15.3 Å². The molecule has 1 aliphatic heterocycles. The maximum Gasteiger partial charge on any atom is 0.147 e. The minimum atomic E-state index is 0.748. The van der Waals surface area contributed by atoms with Crippen LogP contribution in [0.3, 0.4) is 0 Å². The van der Waals surface area contributed by atoms with Gasteiger partial charge < -0.3 is 10.2 Å². The molecule has 1 aliphatic rings. The van der Waals surface area contributed by atoms with E-state index in [2.05, 4.69) is 41.0 Å². The second kappa shape index (κ2) is 5.45. The van der Waals surface area contributed by atoms with E-state index in [4.69, 9.17) is 0 Å². The molecule has 1 fully saturated rings. The van der Waals surface area contributed by atoms with Crippen molar-refractivity contribution in [3.63, 3.8) is 0 Å². The predicted octanol–water partition coefficient (Wildman–Crippen LogP) is 1.68. The monoisotopic (exact) mass is 234 g/mol. The highest BCUT2D eigenvalue weighted by Gasteiger charge is 2.26. The van der Waals surface area contributed by atoms with E-state index in [1.54, 1.807) is 0 Å². The van der Waals surface area contributed by atoms with E-state index in [0.29, 0.717) is 0 Å². The molecule has 0 aliphatic carbocycles. The highest BCUT2D eigenvalue weighted by molar-refractivity contribution is 5.37. The third-order valence-corrected chi connectivity index (χ3v) is 3.56. The summed E-state index contributed by atoms with van der Waals surface area (Å²) in [6.45, 7) is 10.7. The smallest absolute Gasteiger partial charge is 0.147 e. The van der Waals surface area contributed by atoms with E-state index in [-0.39, 0.29) is 0 Å². The van der Waals surface area contributed by atoms with Crippen LogP contribution in [0.5, 0.6) is 0 Å². The van der Waals surface area contributed by atoms with Crippen molar-refractivity contribution in [2.24, 2.45) is 11.8 Å². The third kappa shape index (κ3) is 2.94. The molecule has 0 amide bonds. The van der Waals surface area contributed by atoms with Crippen LogP contribution < -0.4 is 10.2 Å². The highest BCUT2D eigenvalue weighted by Crippen LogP contribution is 2.25. The predicted molar refractivity (Wildman–Crippen MR) is 70.0 cm³/mol. The molecule has 0 spiro atoms. The first-order valence-corrected chi connectivity index (χ1v) is 6.47. The second-order valence-electron chi connectivity index (χ2n) is 5.01. The Morgan fingerprint density at radius 1 is 1.24 bits per heavy atom. The normalized spacial score (nSPS) is 24.3. The summed E-state index contributed by atoms with van der Waals surface area (Å²) < 4.78 is 0. The topological polar surface area (TPSA) is 41.1 Å². The van der Waals surface area contributed by atoms with Gasteiger partial charge in [0.05, 0.1) is 18.1 Å². The lowest BCUT2D eigenvalue weighted by atomic mass is 10.0. The summed E-state index contributed by atoms with van der Waals surface area (Å²) in [7, 11) is 0. The maximum absolute atomic E-state index is 4.51. The van der Waals surface area contributed by atoms with Gasteiger partial charge in [0.1, 0.15) is 5.82 Å². The van der Waals surface area contributed by atoms with Crippen molar-refractivity contribution < 1.29 is 0 Å². The second-order valence-corrected chi connectivity index (χ2v) is 5.01. The highest BCUT2D eigenvalue weighted by atomic mass is 15.2. The number of rotatable bonds is 4. The van der Waals surface area contributed by atoms with Crippen molar-refractivity contribution in [2.45, 2.75) is 27.3 Å². The zero-order valence-electron chi connectivity index (χ0n) is 11.0. The molecule has 1 aromatic rings. The first-order valence-electron chi connectivity index (χ1n) is 6.47. The average Bonchev–Trinajstić information content (AvgIpc) is 2.68. The van der Waals surface area contributed by atoms with Gasteiger partial charge in [-0.25, -0.2) is 4.98 Å². The molecule has 0 saturated carbocycles. The fourth-order valence-electron chi connectivity index (χ4n) is 2.17. The summed E-state index contributed by atoms with van der Waals surface area (Å²) in [5, 5.41) is 3.25. The van der Waals surface area contributed by atoms with Crippen LogP contribution in [0.15, 0.2) is 12.4 Å². The Hall–Kier alpha value is -1.16. The molecule has 2 rings (SSSR count). The SMILES string of the molecule is CCNCc1cnc(N2CC(C)C(C)C2)cn1. The molecular weight excluding hydrogens is 212 g/mol. The maximum atomic E-state index is 4.51. The average molecular weight is 234 g/mol. The van der Waals surface area contributed by atoms with Gasteiger partial charge in [-0.15, -0.1) is 0 Å². The fourth-order valence-corrected chi connectivity index (χ4v) is 2.17. The number of aromatic nitrogens is 2. The van der Waals surface area contributed by atoms with Gasteiger partial charge in [-0.1, -0.05) is 20.8 Å². The van der Waals surface area contributed by atoms with Crippen molar-refractivity contribution >= 4 is 5.82 Å². The van der Waals surface area contributed by atoms with Gasteiger partial charge in [0, 0.05) is 19.6 Å². The lowest BCUT2D eigenvalue weighted by Crippen LogP contribution is -2.21. The van der Waals surface area contributed by atoms with Crippen LogP contribution in [0, 0.1) is 11.8 Å². The Balaban J connectivity index is 1.98. The summed E-state index contributed by atoms with van der Waals surface area (Å²) in [6.07, 6.45) is 3.78. The molecule has 2 heterocycles. The first kappa shape index (κ1) is 12.3. The molecule has 94 valence electrons. The van der Waals surface area contributed by atoms with Crippen LogP contribution in [0.25, 0.3) is 0 Å². The summed E-state index contributed by atoms with van der Waals surface area (Å²) in [5.74, 6) is 2.51. The Labute approximate surface area is 103 Å². The van der Waals surface area contributed by atoms with Gasteiger partial charge >= 0.3 is 0 Å². The number of hydrogen-bond acceptors (Lipinski definition) is 4. The minimum absolute atomic E-state index is 0.748. The summed E-state index contributed by atoms with van der Waals surface area (Å²) in [4.78, 5) is 11.3. The number of nitrogens with one attached hydrogen (secondary N) is 1. The van der Waals surface area contributed by atoms with E-state index >= 15 is 0 Å². The molecule has 2 atom stereocenters. The van der Waals surface area contributed by atoms with Crippen LogP contribution >= 0.6 is 0 Å². The Morgan fingerprint density at radius 3 is 2.47 bits per heavy atom. The molecule has 1 aromatic heterocycles. The summed E-state index contributed by atoms with van der Waals surface area (Å²) >= 11 is 0. The van der Waals surface area contributed by atoms with Crippen LogP contribution in [-0.4, -0.2) is 29.6 Å². The van der Waals surface area contributed by atoms with Gasteiger partial charge in [-0.3, -0.25) is 4.98 Å². The lowest BCUT2D eigenvalue weighted by Gasteiger charge is -2.16. The van der Waals surface area contributed by atoms with Crippen LogP contribution in [-0.2, 0) is 6.54 Å². The van der Waals surface area contributed by atoms with Crippen LogP contribution in [0.4, 0.5) is 5.82 Å². The zero-order valence-corrected chi connectivity index (χ0v) is 11.0. The number of anilines is 1. The van der Waals surface area contributed by atoms with E-state index < -0.39 is 0 Å². The van der Waals surface area contributed by atoms with Gasteiger partial charge in [0.2, 0.25) is 0 Å². The molecule has 0 aromatic carbocycles. The van der Waals surface area contributed by atoms with E-state index in [9.17, 15) is 0 Å². The molecular formula is C13H22N4. The minimum Gasteiger partial charge on any atom is -0.355 e. The van der Waals surface area contributed by atoms with E-state index in [1.807, 2.05) is 12.4 Å². The third-order valence-electron chi connectivity index (χ3n) is 3.56. The van der Waals surface area contributed by atoms with Crippen LogP contribution in [0.1, 0.15) is 26.5 Å². The van der Waals surface area contributed by atoms with Crippen molar-refractivity contribution in [1.29, 1.82) is 0 Å². The molecule has 4 heteroatoms. The molecule has 0 bridgehead atoms. The van der Waals surface area contributed by atoms with Gasteiger partial charge in [-0.05, 0) is 18.4 Å². The quantitative estimate of drug-likeness (QED) is 0.860. The molecule has 4 nitrogen and oxygen atoms in total. The van der Waals surface area contributed by atoms with Crippen molar-refractivity contribution in [3.8, 4) is 0 Å².